The number of amides is 2. The number of anilines is 1. The van der Waals surface area contributed by atoms with Crippen LogP contribution in [-0.4, -0.2) is 17.9 Å². The van der Waals surface area contributed by atoms with E-state index in [0.717, 1.165) is 12.1 Å². The van der Waals surface area contributed by atoms with Gasteiger partial charge in [-0.05, 0) is 45.4 Å². The van der Waals surface area contributed by atoms with Crippen molar-refractivity contribution in [1.82, 2.24) is 5.32 Å². The lowest BCUT2D eigenvalue weighted by Crippen LogP contribution is -2.47. The van der Waals surface area contributed by atoms with Gasteiger partial charge in [0.05, 0.1) is 11.3 Å². The van der Waals surface area contributed by atoms with Crippen molar-refractivity contribution in [2.45, 2.75) is 46.3 Å². The Hall–Kier alpha value is -1.76. The van der Waals surface area contributed by atoms with Gasteiger partial charge < -0.3 is 10.6 Å². The van der Waals surface area contributed by atoms with Gasteiger partial charge in [0.15, 0.2) is 0 Å². The summed E-state index contributed by atoms with van der Waals surface area (Å²) in [6.45, 7) is 6.33. The Morgan fingerprint density at radius 2 is 1.79 bits per heavy atom. The van der Waals surface area contributed by atoms with Crippen LogP contribution in [0.15, 0.2) is 18.2 Å². The van der Waals surface area contributed by atoms with Gasteiger partial charge in [0.2, 0.25) is 11.8 Å². The van der Waals surface area contributed by atoms with Gasteiger partial charge in [-0.1, -0.05) is 18.5 Å². The molecule has 0 fully saturated rings. The quantitative estimate of drug-likeness (QED) is 0.768. The van der Waals surface area contributed by atoms with Crippen LogP contribution < -0.4 is 10.6 Å². The number of carbonyl (C=O) groups is 2. The maximum absolute atomic E-state index is 13.1. The van der Waals surface area contributed by atoms with Crippen molar-refractivity contribution in [2.24, 2.45) is 5.41 Å². The fraction of sp³-hybridized carbons (Fsp3) is 0.500. The van der Waals surface area contributed by atoms with Gasteiger partial charge in [-0.2, -0.15) is 13.2 Å². The molecular formula is C16H20ClF3N2O2. The highest BCUT2D eigenvalue weighted by Gasteiger charge is 2.39. The molecule has 1 aromatic rings. The number of alkyl halides is 3. The largest absolute Gasteiger partial charge is 0.418 e. The van der Waals surface area contributed by atoms with Crippen molar-refractivity contribution in [1.29, 1.82) is 0 Å². The number of benzene rings is 1. The lowest BCUT2D eigenvalue weighted by molar-refractivity contribution is -0.138. The van der Waals surface area contributed by atoms with Crippen LogP contribution in [0.3, 0.4) is 0 Å². The molecule has 1 unspecified atom stereocenters. The Morgan fingerprint density at radius 3 is 2.29 bits per heavy atom. The van der Waals surface area contributed by atoms with Gasteiger partial charge in [0.25, 0.3) is 0 Å². The Balaban J connectivity index is 3.05. The fourth-order valence-corrected chi connectivity index (χ4v) is 1.92. The van der Waals surface area contributed by atoms with Crippen LogP contribution in [0.2, 0.25) is 5.02 Å². The number of rotatable bonds is 5. The summed E-state index contributed by atoms with van der Waals surface area (Å²) in [6.07, 6.45) is -4.02. The van der Waals surface area contributed by atoms with Crippen LogP contribution in [0, 0.1) is 5.41 Å². The maximum atomic E-state index is 13.1. The molecule has 2 N–H and O–H groups in total. The maximum Gasteiger partial charge on any atom is 0.418 e. The summed E-state index contributed by atoms with van der Waals surface area (Å²) in [7, 11) is 0. The minimum Gasteiger partial charge on any atom is -0.353 e. The summed E-state index contributed by atoms with van der Waals surface area (Å²) < 4.78 is 39.2. The van der Waals surface area contributed by atoms with E-state index in [1.807, 2.05) is 6.92 Å². The number of nitrogens with one attached hydrogen (secondary N) is 2. The van der Waals surface area contributed by atoms with Crippen LogP contribution in [0.4, 0.5) is 18.9 Å². The van der Waals surface area contributed by atoms with E-state index in [1.165, 1.54) is 19.9 Å². The highest BCUT2D eigenvalue weighted by molar-refractivity contribution is 6.30. The average Bonchev–Trinajstić information content (AvgIpc) is 2.47. The molecule has 1 atom stereocenters. The highest BCUT2D eigenvalue weighted by atomic mass is 35.5. The number of hydrogen-bond acceptors (Lipinski definition) is 2. The first kappa shape index (κ1) is 20.3. The third kappa shape index (κ3) is 4.87. The van der Waals surface area contributed by atoms with Gasteiger partial charge in [-0.15, -0.1) is 0 Å². The monoisotopic (exact) mass is 364 g/mol. The zero-order valence-electron chi connectivity index (χ0n) is 13.8. The second kappa shape index (κ2) is 7.42. The summed E-state index contributed by atoms with van der Waals surface area (Å²) in [5, 5.41) is 4.72. The van der Waals surface area contributed by atoms with E-state index in [0.29, 0.717) is 6.42 Å². The van der Waals surface area contributed by atoms with E-state index >= 15 is 0 Å². The molecule has 2 amide bonds. The molecule has 1 aromatic carbocycles. The molecule has 0 aliphatic heterocycles. The van der Waals surface area contributed by atoms with E-state index in [1.54, 1.807) is 6.92 Å². The highest BCUT2D eigenvalue weighted by Crippen LogP contribution is 2.37. The van der Waals surface area contributed by atoms with Crippen LogP contribution in [-0.2, 0) is 15.8 Å². The molecule has 24 heavy (non-hydrogen) atoms. The third-order valence-corrected chi connectivity index (χ3v) is 3.90. The summed E-state index contributed by atoms with van der Waals surface area (Å²) in [5.41, 5.74) is -3.05. The summed E-state index contributed by atoms with van der Waals surface area (Å²) in [6, 6.07) is 2.87. The normalized spacial score (nSPS) is 13.3. The molecule has 134 valence electrons. The average molecular weight is 365 g/mol. The molecule has 0 saturated carbocycles. The molecule has 0 aromatic heterocycles. The Bertz CT molecular complexity index is 630. The zero-order valence-corrected chi connectivity index (χ0v) is 14.6. The zero-order chi connectivity index (χ0) is 18.7. The fourth-order valence-electron chi connectivity index (χ4n) is 1.75. The summed E-state index contributed by atoms with van der Waals surface area (Å²) in [4.78, 5) is 24.5. The van der Waals surface area contributed by atoms with Crippen LogP contribution in [0.25, 0.3) is 0 Å². The van der Waals surface area contributed by atoms with E-state index in [-0.39, 0.29) is 11.1 Å². The lowest BCUT2D eigenvalue weighted by Gasteiger charge is -2.25. The van der Waals surface area contributed by atoms with Crippen molar-refractivity contribution < 1.29 is 22.8 Å². The Kier molecular flexibility index (Phi) is 6.27. The molecule has 0 heterocycles. The Morgan fingerprint density at radius 1 is 1.21 bits per heavy atom. The van der Waals surface area contributed by atoms with Crippen molar-refractivity contribution in [3.63, 3.8) is 0 Å². The molecule has 0 aliphatic rings. The van der Waals surface area contributed by atoms with Crippen LogP contribution in [0.1, 0.15) is 39.7 Å². The molecule has 0 spiro atoms. The SMILES string of the molecule is CCC(C)NC(=O)C(C)(C)C(=O)Nc1ccc(Cl)cc1C(F)(F)F. The number of carbonyl (C=O) groups excluding carboxylic acids is 2. The third-order valence-electron chi connectivity index (χ3n) is 3.66. The first-order valence-electron chi connectivity index (χ1n) is 7.38. The van der Waals surface area contributed by atoms with E-state index in [4.69, 9.17) is 11.6 Å². The predicted octanol–water partition coefficient (Wildman–Crippen LogP) is 4.24. The van der Waals surface area contributed by atoms with Gasteiger partial charge >= 0.3 is 6.18 Å². The van der Waals surface area contributed by atoms with Gasteiger partial charge in [0, 0.05) is 11.1 Å². The topological polar surface area (TPSA) is 58.2 Å². The molecule has 0 radical (unpaired) electrons. The first-order valence-corrected chi connectivity index (χ1v) is 7.76. The van der Waals surface area contributed by atoms with Crippen molar-refractivity contribution >= 4 is 29.1 Å². The summed E-state index contributed by atoms with van der Waals surface area (Å²) in [5.74, 6) is -1.40. The molecule has 8 heteroatoms. The van der Waals surface area contributed by atoms with Crippen molar-refractivity contribution in [3.8, 4) is 0 Å². The molecule has 1 rings (SSSR count). The standard InChI is InChI=1S/C16H20ClF3N2O2/c1-5-9(2)21-13(23)15(3,4)14(24)22-12-7-6-10(17)8-11(12)16(18,19)20/h6-9H,5H2,1-4H3,(H,21,23)(H,22,24). The number of hydrogen-bond donors (Lipinski definition) is 2. The molecule has 4 nitrogen and oxygen atoms in total. The second-order valence-corrected chi connectivity index (χ2v) is 6.49. The number of halogens is 4. The minimum absolute atomic E-state index is 0.103. The van der Waals surface area contributed by atoms with Gasteiger partial charge in [0.1, 0.15) is 5.41 Å². The van der Waals surface area contributed by atoms with Gasteiger partial charge in [-0.25, -0.2) is 0 Å². The second-order valence-electron chi connectivity index (χ2n) is 6.05. The smallest absolute Gasteiger partial charge is 0.353 e. The van der Waals surface area contributed by atoms with Crippen molar-refractivity contribution in [2.75, 3.05) is 5.32 Å². The minimum atomic E-state index is -4.68. The van der Waals surface area contributed by atoms with Crippen LogP contribution >= 0.6 is 11.6 Å². The van der Waals surface area contributed by atoms with E-state index < -0.39 is 34.7 Å². The van der Waals surface area contributed by atoms with Crippen molar-refractivity contribution in [3.05, 3.63) is 28.8 Å². The van der Waals surface area contributed by atoms with E-state index in [2.05, 4.69) is 10.6 Å². The summed E-state index contributed by atoms with van der Waals surface area (Å²) >= 11 is 5.60. The molecule has 0 aliphatic carbocycles. The lowest BCUT2D eigenvalue weighted by atomic mass is 9.90. The molecule has 0 saturated heterocycles. The van der Waals surface area contributed by atoms with Gasteiger partial charge in [-0.3, -0.25) is 9.59 Å². The molecule has 0 bridgehead atoms. The predicted molar refractivity (Wildman–Crippen MR) is 86.8 cm³/mol. The first-order chi connectivity index (χ1) is 10.9. The van der Waals surface area contributed by atoms with Crippen LogP contribution in [0.5, 0.6) is 0 Å². The van der Waals surface area contributed by atoms with E-state index in [9.17, 15) is 22.8 Å². The Labute approximate surface area is 143 Å². The molecular weight excluding hydrogens is 345 g/mol.